The van der Waals surface area contributed by atoms with Gasteiger partial charge in [-0.3, -0.25) is 0 Å². The fourth-order valence-electron chi connectivity index (χ4n) is 6.93. The lowest BCUT2D eigenvalue weighted by atomic mass is 9.98. The average molecular weight is 693 g/mol. The monoisotopic (exact) mass is 692 g/mol. The van der Waals surface area contributed by atoms with E-state index in [1.807, 2.05) is 48.5 Å². The maximum Gasteiger partial charge on any atom is 0.0640 e. The molecule has 0 spiro atoms. The molecule has 0 aliphatic heterocycles. The molecule has 10 aromatic rings. The average Bonchev–Trinajstić information content (AvgIpc) is 3.87. The predicted molar refractivity (Wildman–Crippen MR) is 223 cm³/mol. The van der Waals surface area contributed by atoms with Gasteiger partial charge in [-0.2, -0.15) is 0 Å². The highest BCUT2D eigenvalue weighted by atomic mass is 32.1. The van der Waals surface area contributed by atoms with Crippen LogP contribution in [0.15, 0.2) is 188 Å². The van der Waals surface area contributed by atoms with Crippen molar-refractivity contribution in [3.05, 3.63) is 188 Å². The van der Waals surface area contributed by atoms with Gasteiger partial charge in [0.2, 0.25) is 0 Å². The summed E-state index contributed by atoms with van der Waals surface area (Å²) in [5.41, 5.74) is 8.16. The summed E-state index contributed by atoms with van der Waals surface area (Å²) in [4.78, 5) is 2.25. The lowest BCUT2D eigenvalue weighted by Gasteiger charge is -2.27. The van der Waals surface area contributed by atoms with Gasteiger partial charge in [0.05, 0.1) is 20.0 Å². The lowest BCUT2D eigenvalue weighted by Crippen LogP contribution is -2.10. The van der Waals surface area contributed by atoms with Crippen LogP contribution in [-0.2, 0) is 0 Å². The first-order chi connectivity index (χ1) is 28.2. The number of fused-ring (bicyclic) bond motifs is 6. The molecular formula is C48H31NS2. The van der Waals surface area contributed by atoms with Crippen molar-refractivity contribution in [2.45, 2.75) is 0 Å². The summed E-state index contributed by atoms with van der Waals surface area (Å²) in [6.07, 6.45) is 0. The van der Waals surface area contributed by atoms with Crippen molar-refractivity contribution in [2.24, 2.45) is 0 Å². The van der Waals surface area contributed by atoms with Crippen molar-refractivity contribution in [1.82, 2.24) is 0 Å². The van der Waals surface area contributed by atoms with Crippen molar-refractivity contribution in [3.8, 4) is 33.4 Å². The zero-order valence-corrected chi connectivity index (χ0v) is 28.8. The van der Waals surface area contributed by atoms with Gasteiger partial charge in [-0.1, -0.05) is 133 Å². The Bertz CT molecular complexity index is 3230. The molecule has 0 N–H and O–H groups in total. The van der Waals surface area contributed by atoms with Gasteiger partial charge in [-0.05, 0) is 87.9 Å². The van der Waals surface area contributed by atoms with E-state index in [4.69, 9.17) is 8.22 Å². The van der Waals surface area contributed by atoms with Crippen LogP contribution in [0.25, 0.3) is 73.7 Å². The number of thiophene rings is 2. The summed E-state index contributed by atoms with van der Waals surface area (Å²) in [6, 6.07) is 48.5. The Morgan fingerprint density at radius 3 is 1.76 bits per heavy atom. The Morgan fingerprint density at radius 1 is 0.412 bits per heavy atom. The number of hydrogen-bond acceptors (Lipinski definition) is 3. The molecule has 51 heavy (non-hydrogen) atoms. The minimum Gasteiger partial charge on any atom is -0.309 e. The van der Waals surface area contributed by atoms with Crippen LogP contribution in [0.4, 0.5) is 17.1 Å². The third-order valence-electron chi connectivity index (χ3n) is 9.36. The third kappa shape index (κ3) is 5.21. The van der Waals surface area contributed by atoms with E-state index in [2.05, 4.69) is 102 Å². The molecule has 1 nitrogen and oxygen atoms in total. The first-order valence-corrected chi connectivity index (χ1v) is 18.3. The van der Waals surface area contributed by atoms with Gasteiger partial charge in [-0.25, -0.2) is 0 Å². The maximum atomic E-state index is 9.38. The second-order valence-corrected chi connectivity index (χ2v) is 14.4. The molecule has 0 saturated carbocycles. The second-order valence-electron chi connectivity index (χ2n) is 12.4. The van der Waals surface area contributed by atoms with Crippen LogP contribution in [0.5, 0.6) is 0 Å². The standard InChI is InChI=1S/C48H31NS2/c1-3-11-32(12-4-1)33-19-24-37(25-20-33)49(38-26-21-34(22-27-38)36-23-30-46-42(31-36)40-15-7-9-17-44(40)50-46)43-29-28-39(35-13-5-2-6-14-35)47-41-16-8-10-18-45(41)51-48(43)47/h1-31H/i7D,9D,15D,17D,23D,30D,31D. The highest BCUT2D eigenvalue weighted by Gasteiger charge is 2.21. The third-order valence-corrected chi connectivity index (χ3v) is 11.6. The van der Waals surface area contributed by atoms with Crippen LogP contribution in [0.2, 0.25) is 0 Å². The number of rotatable bonds is 6. The molecule has 0 saturated heterocycles. The Hall–Kier alpha value is -6.00. The number of anilines is 3. The van der Waals surface area contributed by atoms with E-state index in [-0.39, 0.29) is 63.3 Å². The number of nitrogens with zero attached hydrogens (tertiary/aromatic N) is 1. The lowest BCUT2D eigenvalue weighted by molar-refractivity contribution is 1.30. The van der Waals surface area contributed by atoms with Crippen LogP contribution in [0, 0.1) is 0 Å². The summed E-state index contributed by atoms with van der Waals surface area (Å²) in [5.74, 6) is 0. The fourth-order valence-corrected chi connectivity index (χ4v) is 9.09. The molecule has 10 rings (SSSR count). The van der Waals surface area contributed by atoms with Crippen molar-refractivity contribution >= 4 is 80.1 Å². The summed E-state index contributed by atoms with van der Waals surface area (Å²) in [6.45, 7) is 0. The van der Waals surface area contributed by atoms with E-state index in [9.17, 15) is 1.37 Å². The van der Waals surface area contributed by atoms with Crippen molar-refractivity contribution in [1.29, 1.82) is 0 Å². The SMILES string of the molecule is [2H]c1c([2H])c([2H])c2c(sc3c([2H])c([2H])c(-c4ccc(N(c5ccc(-c6ccccc6)cc5)c5ccc(-c6ccccc6)c6c5sc5ccccc56)cc4)c([2H])c32)c1[2H]. The van der Waals surface area contributed by atoms with Crippen LogP contribution < -0.4 is 4.90 Å². The summed E-state index contributed by atoms with van der Waals surface area (Å²) >= 11 is 2.81. The van der Waals surface area contributed by atoms with Crippen LogP contribution in [0.3, 0.4) is 0 Å². The van der Waals surface area contributed by atoms with E-state index in [0.717, 1.165) is 55.4 Å². The smallest absolute Gasteiger partial charge is 0.0640 e. The van der Waals surface area contributed by atoms with Crippen molar-refractivity contribution < 1.29 is 9.60 Å². The normalized spacial score (nSPS) is 13.5. The van der Waals surface area contributed by atoms with Gasteiger partial charge in [0, 0.05) is 47.0 Å². The Labute approximate surface area is 314 Å². The fraction of sp³-hybridized carbons (Fsp3) is 0. The Kier molecular flexibility index (Phi) is 5.69. The molecule has 0 radical (unpaired) electrons. The van der Waals surface area contributed by atoms with Crippen LogP contribution in [0.1, 0.15) is 9.60 Å². The number of benzene rings is 8. The topological polar surface area (TPSA) is 3.24 Å². The maximum absolute atomic E-state index is 9.38. The molecule has 0 aliphatic rings. The zero-order valence-electron chi connectivity index (χ0n) is 34.1. The summed E-state index contributed by atoms with van der Waals surface area (Å²) in [5, 5.41) is 2.87. The van der Waals surface area contributed by atoms with Crippen molar-refractivity contribution in [2.75, 3.05) is 4.90 Å². The molecule has 240 valence electrons. The Morgan fingerprint density at radius 2 is 1.02 bits per heavy atom. The second kappa shape index (κ2) is 12.4. The molecule has 0 aliphatic carbocycles. The minimum atomic E-state index is -0.384. The first kappa shape index (κ1) is 23.4. The quantitative estimate of drug-likeness (QED) is 0.168. The first-order valence-electron chi connectivity index (χ1n) is 20.2. The molecule has 0 bridgehead atoms. The molecule has 0 atom stereocenters. The van der Waals surface area contributed by atoms with E-state index >= 15 is 0 Å². The van der Waals surface area contributed by atoms with Gasteiger partial charge in [0.15, 0.2) is 0 Å². The van der Waals surface area contributed by atoms with Gasteiger partial charge in [0.1, 0.15) is 0 Å². The van der Waals surface area contributed by atoms with E-state index in [1.54, 1.807) is 11.3 Å². The highest BCUT2D eigenvalue weighted by Crippen LogP contribution is 2.48. The van der Waals surface area contributed by atoms with Gasteiger partial charge >= 0.3 is 0 Å². The summed E-state index contributed by atoms with van der Waals surface area (Å²) < 4.78 is 64.1. The largest absolute Gasteiger partial charge is 0.309 e. The number of hydrogen-bond donors (Lipinski definition) is 0. The predicted octanol–water partition coefficient (Wildman–Crippen LogP) is 14.9. The molecule has 8 aromatic carbocycles. The molecule has 0 amide bonds. The zero-order chi connectivity index (χ0) is 39.8. The molecule has 3 heteroatoms. The molecule has 2 heterocycles. The van der Waals surface area contributed by atoms with Gasteiger partial charge < -0.3 is 4.90 Å². The summed E-state index contributed by atoms with van der Waals surface area (Å²) in [7, 11) is 0. The van der Waals surface area contributed by atoms with Gasteiger partial charge in [0.25, 0.3) is 0 Å². The Balaban J connectivity index is 1.17. The van der Waals surface area contributed by atoms with Crippen molar-refractivity contribution in [3.63, 3.8) is 0 Å². The minimum absolute atomic E-state index is 0.0307. The van der Waals surface area contributed by atoms with E-state index < -0.39 is 0 Å². The molecule has 0 fully saturated rings. The van der Waals surface area contributed by atoms with E-state index in [0.29, 0.717) is 10.3 Å². The molecule has 0 unspecified atom stereocenters. The molecular weight excluding hydrogens is 655 g/mol. The highest BCUT2D eigenvalue weighted by molar-refractivity contribution is 7.26. The molecule has 2 aromatic heterocycles. The van der Waals surface area contributed by atoms with E-state index in [1.165, 1.54) is 15.5 Å². The van der Waals surface area contributed by atoms with Gasteiger partial charge in [-0.15, -0.1) is 22.7 Å². The van der Waals surface area contributed by atoms with Crippen LogP contribution >= 0.6 is 22.7 Å². The van der Waals surface area contributed by atoms with Crippen LogP contribution in [-0.4, -0.2) is 0 Å².